The maximum atomic E-state index is 12.4. The Hall–Kier alpha value is -1.99. The molecule has 24 heavy (non-hydrogen) atoms. The molecule has 0 spiro atoms. The van der Waals surface area contributed by atoms with Crippen LogP contribution in [0.1, 0.15) is 12.5 Å². The first-order valence-corrected chi connectivity index (χ1v) is 8.79. The minimum absolute atomic E-state index is 0.215. The number of benzene rings is 1. The fraction of sp³-hybridized carbons (Fsp3) is 0.312. The molecule has 0 radical (unpaired) electrons. The Kier molecular flexibility index (Phi) is 4.82. The smallest absolute Gasteiger partial charge is 0.324 e. The Labute approximate surface area is 149 Å². The van der Waals surface area contributed by atoms with Crippen molar-refractivity contribution < 1.29 is 9.59 Å². The van der Waals surface area contributed by atoms with Gasteiger partial charge in [0.05, 0.1) is 10.9 Å². The lowest BCUT2D eigenvalue weighted by atomic mass is 10.2. The highest BCUT2D eigenvalue weighted by Crippen LogP contribution is 2.29. The predicted octanol–water partition coefficient (Wildman–Crippen LogP) is 2.87. The van der Waals surface area contributed by atoms with Crippen molar-refractivity contribution in [2.45, 2.75) is 24.3 Å². The molecule has 2 heterocycles. The minimum Gasteiger partial charge on any atom is -0.336 e. The van der Waals surface area contributed by atoms with E-state index in [9.17, 15) is 9.59 Å². The molecule has 2 aromatic rings. The average molecular weight is 365 g/mol. The summed E-state index contributed by atoms with van der Waals surface area (Å²) in [7, 11) is 0. The van der Waals surface area contributed by atoms with E-state index in [1.54, 1.807) is 13.1 Å². The highest BCUT2D eigenvalue weighted by atomic mass is 35.5. The Balaban J connectivity index is 1.82. The maximum absolute atomic E-state index is 12.4. The van der Waals surface area contributed by atoms with Crippen LogP contribution in [-0.2, 0) is 4.79 Å². The summed E-state index contributed by atoms with van der Waals surface area (Å²) < 4.78 is 1.90. The number of carbonyl (C=O) groups is 2. The van der Waals surface area contributed by atoms with Crippen molar-refractivity contribution in [1.82, 2.24) is 19.8 Å². The number of urea groups is 1. The molecule has 1 aliphatic rings. The number of hydrogen-bond acceptors (Lipinski definition) is 4. The lowest BCUT2D eigenvalue weighted by molar-refractivity contribution is -0.126. The molecular formula is C16H17ClN4O2S. The fourth-order valence-electron chi connectivity index (χ4n) is 2.53. The Morgan fingerprint density at radius 2 is 2.25 bits per heavy atom. The molecule has 1 fully saturated rings. The van der Waals surface area contributed by atoms with Gasteiger partial charge >= 0.3 is 6.03 Å². The number of nitrogens with zero attached hydrogens (tertiary/aromatic N) is 3. The number of thioether (sulfide) groups is 1. The molecule has 0 saturated carbocycles. The van der Waals surface area contributed by atoms with E-state index in [1.807, 2.05) is 35.9 Å². The van der Waals surface area contributed by atoms with Crippen molar-refractivity contribution >= 4 is 35.3 Å². The first kappa shape index (κ1) is 16.9. The second-order valence-corrected chi connectivity index (χ2v) is 7.16. The van der Waals surface area contributed by atoms with Gasteiger partial charge in [0, 0.05) is 30.5 Å². The SMILES string of the molecule is Cc1c(Cl)cccc1-n1ccnc1SC(C)C(=O)N1CCNC1=O. The van der Waals surface area contributed by atoms with E-state index in [4.69, 9.17) is 11.6 Å². The predicted molar refractivity (Wildman–Crippen MR) is 93.7 cm³/mol. The number of nitrogens with one attached hydrogen (secondary N) is 1. The van der Waals surface area contributed by atoms with Gasteiger partial charge < -0.3 is 5.32 Å². The van der Waals surface area contributed by atoms with Gasteiger partial charge in [-0.2, -0.15) is 0 Å². The van der Waals surface area contributed by atoms with Gasteiger partial charge in [-0.15, -0.1) is 0 Å². The molecule has 1 aromatic heterocycles. The number of aromatic nitrogens is 2. The van der Waals surface area contributed by atoms with Gasteiger partial charge in [-0.1, -0.05) is 29.4 Å². The summed E-state index contributed by atoms with van der Waals surface area (Å²) in [4.78, 5) is 29.7. The van der Waals surface area contributed by atoms with Crippen LogP contribution in [0.2, 0.25) is 5.02 Å². The molecule has 1 aliphatic heterocycles. The molecule has 3 amide bonds. The molecule has 6 nitrogen and oxygen atoms in total. The zero-order valence-electron chi connectivity index (χ0n) is 13.3. The standard InChI is InChI=1S/C16H17ClN4O2S/c1-10-12(17)4-3-5-13(10)20-8-7-19-16(20)24-11(2)14(22)21-9-6-18-15(21)23/h3-5,7-8,11H,6,9H2,1-2H3,(H,18,23). The first-order chi connectivity index (χ1) is 11.5. The van der Waals surface area contributed by atoms with Crippen LogP contribution in [0.4, 0.5) is 4.79 Å². The quantitative estimate of drug-likeness (QED) is 0.847. The molecule has 126 valence electrons. The Morgan fingerprint density at radius 1 is 1.46 bits per heavy atom. The number of rotatable bonds is 4. The summed E-state index contributed by atoms with van der Waals surface area (Å²) in [5.74, 6) is -0.215. The van der Waals surface area contributed by atoms with Gasteiger partial charge in [-0.3, -0.25) is 14.3 Å². The van der Waals surface area contributed by atoms with Crippen LogP contribution in [-0.4, -0.2) is 44.7 Å². The molecule has 3 rings (SSSR count). The summed E-state index contributed by atoms with van der Waals surface area (Å²) in [6, 6.07) is 5.33. The average Bonchev–Trinajstić information content (AvgIpc) is 3.18. The third kappa shape index (κ3) is 3.14. The van der Waals surface area contributed by atoms with Gasteiger partial charge in [0.1, 0.15) is 0 Å². The van der Waals surface area contributed by atoms with Crippen molar-refractivity contribution in [2.75, 3.05) is 13.1 Å². The lowest BCUT2D eigenvalue weighted by Crippen LogP contribution is -2.39. The largest absolute Gasteiger partial charge is 0.336 e. The van der Waals surface area contributed by atoms with Gasteiger partial charge in [0.15, 0.2) is 5.16 Å². The molecule has 1 saturated heterocycles. The molecule has 0 bridgehead atoms. The van der Waals surface area contributed by atoms with Gasteiger partial charge in [-0.05, 0) is 31.5 Å². The van der Waals surface area contributed by atoms with Crippen LogP contribution in [0.5, 0.6) is 0 Å². The lowest BCUT2D eigenvalue weighted by Gasteiger charge is -2.18. The number of halogens is 1. The van der Waals surface area contributed by atoms with Crippen molar-refractivity contribution in [2.24, 2.45) is 0 Å². The third-order valence-corrected chi connectivity index (χ3v) is 5.34. The summed E-state index contributed by atoms with van der Waals surface area (Å²) in [6.07, 6.45) is 3.52. The van der Waals surface area contributed by atoms with Crippen LogP contribution in [0.15, 0.2) is 35.7 Å². The molecule has 1 N–H and O–H groups in total. The zero-order chi connectivity index (χ0) is 17.3. The van der Waals surface area contributed by atoms with Crippen LogP contribution < -0.4 is 5.32 Å². The van der Waals surface area contributed by atoms with E-state index >= 15 is 0 Å². The second-order valence-electron chi connectivity index (χ2n) is 5.45. The molecule has 0 aliphatic carbocycles. The van der Waals surface area contributed by atoms with Crippen molar-refractivity contribution in [3.8, 4) is 5.69 Å². The molecule has 1 unspecified atom stereocenters. The van der Waals surface area contributed by atoms with Gasteiger partial charge in [-0.25, -0.2) is 9.78 Å². The van der Waals surface area contributed by atoms with Crippen LogP contribution in [0.25, 0.3) is 5.69 Å². The van der Waals surface area contributed by atoms with Crippen LogP contribution in [0, 0.1) is 6.92 Å². The van der Waals surface area contributed by atoms with E-state index in [-0.39, 0.29) is 11.9 Å². The van der Waals surface area contributed by atoms with Crippen molar-refractivity contribution in [3.05, 3.63) is 41.2 Å². The van der Waals surface area contributed by atoms with E-state index < -0.39 is 5.25 Å². The number of amides is 3. The topological polar surface area (TPSA) is 67.2 Å². The molecule has 8 heteroatoms. The number of carbonyl (C=O) groups excluding carboxylic acids is 2. The number of hydrogen-bond donors (Lipinski definition) is 1. The van der Waals surface area contributed by atoms with E-state index in [0.717, 1.165) is 11.3 Å². The van der Waals surface area contributed by atoms with Gasteiger partial charge in [0.25, 0.3) is 0 Å². The monoisotopic (exact) mass is 364 g/mol. The highest BCUT2D eigenvalue weighted by Gasteiger charge is 2.30. The summed E-state index contributed by atoms with van der Waals surface area (Å²) in [5, 5.41) is 3.57. The second kappa shape index (κ2) is 6.86. The Bertz CT molecular complexity index is 792. The minimum atomic E-state index is -0.422. The first-order valence-electron chi connectivity index (χ1n) is 7.53. The van der Waals surface area contributed by atoms with Gasteiger partial charge in [0.2, 0.25) is 5.91 Å². The molecular weight excluding hydrogens is 348 g/mol. The van der Waals surface area contributed by atoms with E-state index in [0.29, 0.717) is 23.3 Å². The third-order valence-electron chi connectivity index (χ3n) is 3.86. The highest BCUT2D eigenvalue weighted by molar-refractivity contribution is 8.00. The summed E-state index contributed by atoms with van der Waals surface area (Å²) in [5.41, 5.74) is 1.86. The number of imidazole rings is 1. The maximum Gasteiger partial charge on any atom is 0.324 e. The normalized spacial score (nSPS) is 15.5. The number of imide groups is 1. The van der Waals surface area contributed by atoms with Crippen LogP contribution in [0.3, 0.4) is 0 Å². The Morgan fingerprint density at radius 3 is 2.96 bits per heavy atom. The zero-order valence-corrected chi connectivity index (χ0v) is 14.9. The fourth-order valence-corrected chi connectivity index (χ4v) is 3.64. The van der Waals surface area contributed by atoms with E-state index in [1.165, 1.54) is 16.7 Å². The molecule has 1 aromatic carbocycles. The summed E-state index contributed by atoms with van der Waals surface area (Å²) >= 11 is 7.52. The van der Waals surface area contributed by atoms with E-state index in [2.05, 4.69) is 10.3 Å². The van der Waals surface area contributed by atoms with Crippen molar-refractivity contribution in [3.63, 3.8) is 0 Å². The summed E-state index contributed by atoms with van der Waals surface area (Å²) in [6.45, 7) is 4.63. The van der Waals surface area contributed by atoms with Crippen molar-refractivity contribution in [1.29, 1.82) is 0 Å². The molecule has 1 atom stereocenters. The van der Waals surface area contributed by atoms with Crippen LogP contribution >= 0.6 is 23.4 Å².